The Morgan fingerprint density at radius 3 is 2.39 bits per heavy atom. The molecule has 4 atom stereocenters. The van der Waals surface area contributed by atoms with Crippen LogP contribution >= 0.6 is 0 Å². The van der Waals surface area contributed by atoms with E-state index >= 15 is 8.78 Å². The lowest BCUT2D eigenvalue weighted by molar-refractivity contribution is -0.0261. The minimum atomic E-state index is -2.35. The highest BCUT2D eigenvalue weighted by Crippen LogP contribution is 2.46. The molecule has 4 aliphatic rings. The number of piperazine rings is 1. The fourth-order valence-corrected chi connectivity index (χ4v) is 17.3. The lowest BCUT2D eigenvalue weighted by Gasteiger charge is -2.49. The van der Waals surface area contributed by atoms with E-state index in [1.807, 2.05) is 30.6 Å². The summed E-state index contributed by atoms with van der Waals surface area (Å²) in [5.41, 5.74) is 2.81. The van der Waals surface area contributed by atoms with Crippen molar-refractivity contribution in [3.8, 4) is 34.5 Å². The van der Waals surface area contributed by atoms with Crippen LogP contribution in [0.25, 0.3) is 32.9 Å². The number of amides is 1. The first-order valence-electron chi connectivity index (χ1n) is 23.8. The average molecular weight is 945 g/mol. The van der Waals surface area contributed by atoms with Gasteiger partial charge in [0.05, 0.1) is 34.7 Å². The fourth-order valence-electron chi connectivity index (χ4n) is 12.0. The molecule has 4 saturated heterocycles. The summed E-state index contributed by atoms with van der Waals surface area (Å²) in [6.45, 7) is 20.8. The number of carbonyl (C=O) groups is 1. The van der Waals surface area contributed by atoms with E-state index in [1.54, 1.807) is 31.5 Å². The number of nitrogens with zero attached hydrogens (tertiary/aromatic N) is 6. The van der Waals surface area contributed by atoms with Crippen LogP contribution in [0.1, 0.15) is 100.0 Å². The monoisotopic (exact) mass is 944 g/mol. The number of hydrogen-bond donors (Lipinski definition) is 0. The number of halogens is 3. The van der Waals surface area contributed by atoms with Gasteiger partial charge in [-0.25, -0.2) is 18.0 Å². The number of carbonyl (C=O) groups excluding carboxylic acids is 1. The first-order valence-corrected chi connectivity index (χ1v) is 26.1. The Bertz CT molecular complexity index is 2560. The molecule has 67 heavy (non-hydrogen) atoms. The first kappa shape index (κ1) is 48.8. The quantitative estimate of drug-likeness (QED) is 0.0726. The lowest BCUT2D eigenvalue weighted by atomic mass is 9.95. The summed E-state index contributed by atoms with van der Waals surface area (Å²) < 4.78 is 78.8. The zero-order valence-corrected chi connectivity index (χ0v) is 42.0. The molecule has 2 aromatic carbocycles. The SMILES string of the molecule is COCOc1cc(-c2ncc3c(N4C[C@@H]5CC[C@](COC)(C4)N5C(=O)OC(C)(C)C)nc(OC[C@@]45CCCN4C[C@H](F)C5)nc3c2F)c2c(C#C[Si](C(C)C)(C(C)C)C(C)C)c(F)ccc2c1. The standard InChI is InChI=1S/C51H67F3N6O6Si/c1-31(2)67(32(3)4,33(5)6)20-16-38-41(53)14-13-34-21-37(65-30-63-11)22-39(42(34)38)44-43(54)45-40(24-55-44)46(57-47(56-45)64-29-50-17-12-19-59(50)25-35(52)23-50)58-26-36-15-18-51(27-58,28-62-10)60(36)48(61)66-49(7,8)9/h13-14,21-22,24,31-33,35-36H,12,15,17-19,23,25-30H2,1-11H3/t35-,36+,50+,51-/m1/s1. The molecule has 4 aromatic rings. The van der Waals surface area contributed by atoms with Crippen molar-refractivity contribution in [3.63, 3.8) is 0 Å². The molecular formula is C51H67F3N6O6Si. The molecule has 2 aromatic heterocycles. The number of methoxy groups -OCH3 is 2. The third kappa shape index (κ3) is 8.94. The summed E-state index contributed by atoms with van der Waals surface area (Å²) in [5, 5.41) is 1.30. The minimum absolute atomic E-state index is 0.0606. The number of ether oxygens (including phenoxy) is 5. The molecule has 0 radical (unpaired) electrons. The van der Waals surface area contributed by atoms with Gasteiger partial charge in [-0.15, -0.1) is 5.54 Å². The zero-order valence-electron chi connectivity index (χ0n) is 41.0. The van der Waals surface area contributed by atoms with Gasteiger partial charge in [0.15, 0.2) is 12.6 Å². The molecule has 6 heterocycles. The summed E-state index contributed by atoms with van der Waals surface area (Å²) in [5.74, 6) is 2.78. The number of anilines is 1. The van der Waals surface area contributed by atoms with Crippen LogP contribution in [-0.4, -0.2) is 128 Å². The van der Waals surface area contributed by atoms with E-state index in [0.717, 1.165) is 19.4 Å². The van der Waals surface area contributed by atoms with Crippen LogP contribution in [0.15, 0.2) is 30.5 Å². The largest absolute Gasteiger partial charge is 0.468 e. The van der Waals surface area contributed by atoms with Crippen molar-refractivity contribution in [1.29, 1.82) is 0 Å². The molecule has 0 N–H and O–H groups in total. The second-order valence-corrected chi connectivity index (χ2v) is 26.7. The Labute approximate surface area is 394 Å². The third-order valence-corrected chi connectivity index (χ3v) is 21.1. The van der Waals surface area contributed by atoms with Crippen molar-refractivity contribution in [2.45, 2.75) is 140 Å². The molecule has 0 spiro atoms. The number of benzene rings is 2. The first-order chi connectivity index (χ1) is 31.8. The normalized spacial score (nSPS) is 23.2. The van der Waals surface area contributed by atoms with Gasteiger partial charge in [-0.3, -0.25) is 14.8 Å². The lowest BCUT2D eigenvalue weighted by Crippen LogP contribution is -2.66. The van der Waals surface area contributed by atoms with Crippen LogP contribution in [0.3, 0.4) is 0 Å². The van der Waals surface area contributed by atoms with Crippen LogP contribution in [0, 0.1) is 23.1 Å². The number of aromatic nitrogens is 3. The molecule has 4 aliphatic heterocycles. The van der Waals surface area contributed by atoms with Gasteiger partial charge in [0.2, 0.25) is 0 Å². The van der Waals surface area contributed by atoms with Gasteiger partial charge in [0.25, 0.3) is 0 Å². The molecule has 0 saturated carbocycles. The van der Waals surface area contributed by atoms with Crippen LogP contribution in [0.5, 0.6) is 11.8 Å². The highest BCUT2D eigenvalue weighted by atomic mass is 28.3. The molecule has 0 unspecified atom stereocenters. The summed E-state index contributed by atoms with van der Waals surface area (Å²) in [6, 6.07) is 6.10. The molecule has 0 aliphatic carbocycles. The van der Waals surface area contributed by atoms with Crippen LogP contribution in [0.4, 0.5) is 23.8 Å². The molecular weight excluding hydrogens is 878 g/mol. The van der Waals surface area contributed by atoms with Gasteiger partial charge in [-0.05, 0) is 93.2 Å². The van der Waals surface area contributed by atoms with E-state index in [4.69, 9.17) is 38.6 Å². The number of fused-ring (bicyclic) bond motifs is 5. The van der Waals surface area contributed by atoms with E-state index in [9.17, 15) is 9.18 Å². The summed E-state index contributed by atoms with van der Waals surface area (Å²) in [6.07, 6.45) is 3.50. The maximum atomic E-state index is 18.0. The van der Waals surface area contributed by atoms with Crippen LogP contribution < -0.4 is 14.4 Å². The van der Waals surface area contributed by atoms with Gasteiger partial charge in [-0.2, -0.15) is 9.97 Å². The van der Waals surface area contributed by atoms with Crippen molar-refractivity contribution in [1.82, 2.24) is 24.8 Å². The smallest absolute Gasteiger partial charge is 0.411 e. The van der Waals surface area contributed by atoms with Crippen molar-refractivity contribution in [3.05, 3.63) is 47.7 Å². The predicted molar refractivity (Wildman–Crippen MR) is 257 cm³/mol. The number of alkyl halides is 1. The van der Waals surface area contributed by atoms with E-state index in [-0.39, 0.29) is 54.4 Å². The van der Waals surface area contributed by atoms with Crippen LogP contribution in [-0.2, 0) is 14.2 Å². The van der Waals surface area contributed by atoms with Crippen molar-refractivity contribution < 1.29 is 41.7 Å². The number of pyridine rings is 1. The van der Waals surface area contributed by atoms with E-state index in [1.165, 1.54) is 13.2 Å². The zero-order chi connectivity index (χ0) is 48.2. The van der Waals surface area contributed by atoms with Gasteiger partial charge in [0, 0.05) is 57.4 Å². The molecule has 12 nitrogen and oxygen atoms in total. The molecule has 2 bridgehead atoms. The van der Waals surface area contributed by atoms with Crippen molar-refractivity contribution >= 4 is 41.7 Å². The van der Waals surface area contributed by atoms with E-state index in [2.05, 4.69) is 57.9 Å². The van der Waals surface area contributed by atoms with Gasteiger partial charge < -0.3 is 28.6 Å². The van der Waals surface area contributed by atoms with Crippen molar-refractivity contribution in [2.24, 2.45) is 0 Å². The topological polar surface area (TPSA) is 112 Å². The van der Waals surface area contributed by atoms with E-state index in [0.29, 0.717) is 83.2 Å². The Hall–Kier alpha value is -4.69. The summed E-state index contributed by atoms with van der Waals surface area (Å²) in [4.78, 5) is 34.4. The second-order valence-electron chi connectivity index (χ2n) is 21.1. The van der Waals surface area contributed by atoms with Gasteiger partial charge >= 0.3 is 12.1 Å². The molecule has 8 rings (SSSR count). The maximum Gasteiger partial charge on any atom is 0.411 e. The molecule has 1 amide bonds. The summed E-state index contributed by atoms with van der Waals surface area (Å²) >= 11 is 0. The van der Waals surface area contributed by atoms with Gasteiger partial charge in [0.1, 0.15) is 55.0 Å². The maximum absolute atomic E-state index is 18.0. The van der Waals surface area contributed by atoms with Crippen LogP contribution in [0.2, 0.25) is 16.6 Å². The Morgan fingerprint density at radius 2 is 1.70 bits per heavy atom. The molecule has 16 heteroatoms. The predicted octanol–water partition coefficient (Wildman–Crippen LogP) is 10.2. The highest BCUT2D eigenvalue weighted by molar-refractivity contribution is 6.90. The number of rotatable bonds is 13. The third-order valence-electron chi connectivity index (χ3n) is 14.8. The van der Waals surface area contributed by atoms with E-state index < -0.39 is 48.7 Å². The Kier molecular flexibility index (Phi) is 13.6. The molecule has 362 valence electrons. The fraction of sp³-hybridized carbons (Fsp3) is 0.608. The highest BCUT2D eigenvalue weighted by Gasteiger charge is 2.56. The average Bonchev–Trinajstić information content (AvgIpc) is 3.86. The molecule has 4 fully saturated rings. The van der Waals surface area contributed by atoms with Crippen molar-refractivity contribution in [2.75, 3.05) is 65.3 Å². The summed E-state index contributed by atoms with van der Waals surface area (Å²) in [7, 11) is 0.770. The number of hydrogen-bond acceptors (Lipinski definition) is 11. The minimum Gasteiger partial charge on any atom is -0.468 e. The van der Waals surface area contributed by atoms with Gasteiger partial charge in [-0.1, -0.05) is 53.5 Å². The second kappa shape index (κ2) is 18.7. The Morgan fingerprint density at radius 1 is 0.955 bits per heavy atom. The Balaban J connectivity index is 1.31.